The van der Waals surface area contributed by atoms with E-state index < -0.39 is 27.3 Å². The zero-order chi connectivity index (χ0) is 25.3. The Labute approximate surface area is 202 Å². The van der Waals surface area contributed by atoms with Gasteiger partial charge in [-0.3, -0.25) is 0 Å². The normalized spacial score (nSPS) is 20.7. The first-order chi connectivity index (χ1) is 15.9. The van der Waals surface area contributed by atoms with Gasteiger partial charge in [-0.1, -0.05) is 0 Å². The zero-order valence-electron chi connectivity index (χ0n) is 21.0. The molecule has 2 heterocycles. The standard InChI is InChI=1S/C24H37N3O6S/c1-7-34(30,31)27-13-8-12-26(22(29)33-23(2,3)4)14-11-19-18-10-9-17(32-6)15-20(18)25-21(19)24(27,5)16-28/h9-10,15,25,28H,7-8,11-14,16H2,1-6H3. The number of H-pyrrole nitrogens is 1. The summed E-state index contributed by atoms with van der Waals surface area (Å²) >= 11 is 0. The maximum atomic E-state index is 13.2. The van der Waals surface area contributed by atoms with Crippen molar-refractivity contribution in [3.8, 4) is 5.75 Å². The van der Waals surface area contributed by atoms with Crippen molar-refractivity contribution in [3.05, 3.63) is 29.5 Å². The zero-order valence-corrected chi connectivity index (χ0v) is 21.8. The average Bonchev–Trinajstić information content (AvgIpc) is 3.14. The molecule has 1 aliphatic rings. The van der Waals surface area contributed by atoms with Gasteiger partial charge >= 0.3 is 6.09 Å². The number of hydrogen-bond donors (Lipinski definition) is 2. The summed E-state index contributed by atoms with van der Waals surface area (Å²) in [5.41, 5.74) is 0.440. The van der Waals surface area contributed by atoms with E-state index in [0.29, 0.717) is 37.4 Å². The highest BCUT2D eigenvalue weighted by molar-refractivity contribution is 7.89. The molecule has 1 aliphatic heterocycles. The molecule has 0 radical (unpaired) electrons. The lowest BCUT2D eigenvalue weighted by Crippen LogP contribution is -2.52. The van der Waals surface area contributed by atoms with Gasteiger partial charge in [0.25, 0.3) is 0 Å². The van der Waals surface area contributed by atoms with Gasteiger partial charge in [0.15, 0.2) is 0 Å². The molecule has 1 atom stereocenters. The first-order valence-electron chi connectivity index (χ1n) is 11.6. The molecular weight excluding hydrogens is 458 g/mol. The van der Waals surface area contributed by atoms with E-state index in [4.69, 9.17) is 9.47 Å². The van der Waals surface area contributed by atoms with Gasteiger partial charge in [-0.2, -0.15) is 4.31 Å². The van der Waals surface area contributed by atoms with E-state index in [9.17, 15) is 18.3 Å². The van der Waals surface area contributed by atoms with E-state index in [0.717, 1.165) is 16.5 Å². The van der Waals surface area contributed by atoms with Crippen LogP contribution in [0.25, 0.3) is 10.9 Å². The summed E-state index contributed by atoms with van der Waals surface area (Å²) in [5, 5.41) is 11.5. The maximum Gasteiger partial charge on any atom is 0.410 e. The number of rotatable bonds is 4. The van der Waals surface area contributed by atoms with E-state index in [2.05, 4.69) is 4.98 Å². The molecule has 0 aliphatic carbocycles. The van der Waals surface area contributed by atoms with E-state index in [-0.39, 0.29) is 18.9 Å². The minimum Gasteiger partial charge on any atom is -0.497 e. The predicted octanol–water partition coefficient (Wildman–Crippen LogP) is 3.22. The Kier molecular flexibility index (Phi) is 7.54. The van der Waals surface area contributed by atoms with Crippen molar-refractivity contribution < 1.29 is 27.8 Å². The van der Waals surface area contributed by atoms with Gasteiger partial charge in [0.05, 0.1) is 25.0 Å². The smallest absolute Gasteiger partial charge is 0.410 e. The van der Waals surface area contributed by atoms with Crippen LogP contribution in [0, 0.1) is 0 Å². The lowest BCUT2D eigenvalue weighted by atomic mass is 9.92. The van der Waals surface area contributed by atoms with Crippen LogP contribution < -0.4 is 4.74 Å². The number of hydrogen-bond acceptors (Lipinski definition) is 6. The summed E-state index contributed by atoms with van der Waals surface area (Å²) in [5.74, 6) is 0.567. The van der Waals surface area contributed by atoms with Crippen LogP contribution in [0.5, 0.6) is 5.75 Å². The van der Waals surface area contributed by atoms with E-state index in [1.807, 2.05) is 39.0 Å². The quantitative estimate of drug-likeness (QED) is 0.674. The number of sulfonamides is 1. The molecule has 2 aromatic rings. The third-order valence-electron chi connectivity index (χ3n) is 6.28. The van der Waals surface area contributed by atoms with Gasteiger partial charge in [0, 0.05) is 42.3 Å². The highest BCUT2D eigenvalue weighted by Gasteiger charge is 2.43. The number of amides is 1. The van der Waals surface area contributed by atoms with Crippen molar-refractivity contribution in [3.63, 3.8) is 0 Å². The van der Waals surface area contributed by atoms with E-state index in [1.165, 1.54) is 4.31 Å². The third kappa shape index (κ3) is 5.18. The van der Waals surface area contributed by atoms with Gasteiger partial charge in [0.2, 0.25) is 10.0 Å². The molecule has 0 spiro atoms. The molecule has 9 nitrogen and oxygen atoms in total. The summed E-state index contributed by atoms with van der Waals surface area (Å²) in [7, 11) is -2.09. The van der Waals surface area contributed by atoms with E-state index >= 15 is 0 Å². The minimum atomic E-state index is -3.67. The van der Waals surface area contributed by atoms with Gasteiger partial charge < -0.3 is 24.5 Å². The monoisotopic (exact) mass is 495 g/mol. The second-order valence-electron chi connectivity index (χ2n) is 9.87. The van der Waals surface area contributed by atoms with Crippen LogP contribution in [-0.4, -0.2) is 78.5 Å². The van der Waals surface area contributed by atoms with Crippen molar-refractivity contribution in [2.75, 3.05) is 39.1 Å². The SMILES string of the molecule is CCS(=O)(=O)N1CCCN(C(=O)OC(C)(C)C)CCc2c([nH]c3cc(OC)ccc23)C1(C)CO. The van der Waals surface area contributed by atoms with Crippen LogP contribution in [0.4, 0.5) is 4.79 Å². The van der Waals surface area contributed by atoms with E-state index in [1.54, 1.807) is 25.9 Å². The molecule has 34 heavy (non-hydrogen) atoms. The summed E-state index contributed by atoms with van der Waals surface area (Å²) < 4.78 is 38.7. The first kappa shape index (κ1) is 26.3. The van der Waals surface area contributed by atoms with Gasteiger partial charge in [-0.15, -0.1) is 0 Å². The molecule has 3 rings (SSSR count). The fraction of sp³-hybridized carbons (Fsp3) is 0.625. The number of carbonyl (C=O) groups is 1. The van der Waals surface area contributed by atoms with Gasteiger partial charge in [0.1, 0.15) is 11.4 Å². The second kappa shape index (κ2) is 9.75. The highest BCUT2D eigenvalue weighted by atomic mass is 32.2. The number of methoxy groups -OCH3 is 1. The molecule has 1 aromatic heterocycles. The molecule has 1 amide bonds. The van der Waals surface area contributed by atoms with Crippen molar-refractivity contribution in [2.45, 2.75) is 58.6 Å². The topological polar surface area (TPSA) is 112 Å². The number of carbonyl (C=O) groups excluding carboxylic acids is 1. The number of aliphatic hydroxyl groups excluding tert-OH is 1. The van der Waals surface area contributed by atoms with Crippen LogP contribution >= 0.6 is 0 Å². The number of nitrogens with one attached hydrogen (secondary N) is 1. The fourth-order valence-electron chi connectivity index (χ4n) is 4.49. The molecule has 1 unspecified atom stereocenters. The summed E-state index contributed by atoms with van der Waals surface area (Å²) in [4.78, 5) is 17.9. The third-order valence-corrected chi connectivity index (χ3v) is 8.27. The highest BCUT2D eigenvalue weighted by Crippen LogP contribution is 2.38. The second-order valence-corrected chi connectivity index (χ2v) is 12.0. The molecule has 0 saturated carbocycles. The number of benzene rings is 1. The lowest BCUT2D eigenvalue weighted by molar-refractivity contribution is 0.0235. The van der Waals surface area contributed by atoms with Gasteiger partial charge in [-0.25, -0.2) is 13.2 Å². The Morgan fingerprint density at radius 1 is 1.24 bits per heavy atom. The molecule has 0 fully saturated rings. The number of aromatic nitrogens is 1. The molecule has 0 bridgehead atoms. The Hall–Kier alpha value is -2.30. The van der Waals surface area contributed by atoms with Crippen LogP contribution in [0.2, 0.25) is 0 Å². The Balaban J connectivity index is 2.18. The summed E-state index contributed by atoms with van der Waals surface area (Å²) in [6.07, 6.45) is 0.458. The van der Waals surface area contributed by atoms with Crippen LogP contribution in [0.3, 0.4) is 0 Å². The van der Waals surface area contributed by atoms with Crippen molar-refractivity contribution >= 4 is 27.0 Å². The molecule has 190 valence electrons. The average molecular weight is 496 g/mol. The van der Waals surface area contributed by atoms with Crippen molar-refractivity contribution in [1.29, 1.82) is 0 Å². The number of aliphatic hydroxyl groups is 1. The predicted molar refractivity (Wildman–Crippen MR) is 132 cm³/mol. The van der Waals surface area contributed by atoms with Crippen LogP contribution in [-0.2, 0) is 26.7 Å². The molecule has 1 aromatic carbocycles. The lowest BCUT2D eigenvalue weighted by Gasteiger charge is -2.40. The maximum absolute atomic E-state index is 13.2. The first-order valence-corrected chi connectivity index (χ1v) is 13.3. The number of ether oxygens (including phenoxy) is 2. The Morgan fingerprint density at radius 2 is 1.94 bits per heavy atom. The summed E-state index contributed by atoms with van der Waals surface area (Å²) in [6, 6.07) is 5.62. The molecule has 0 saturated heterocycles. The molecule has 2 N–H and O–H groups in total. The van der Waals surface area contributed by atoms with Crippen LogP contribution in [0.15, 0.2) is 18.2 Å². The number of fused-ring (bicyclic) bond motifs is 3. The summed E-state index contributed by atoms with van der Waals surface area (Å²) in [6.45, 7) is 9.32. The Bertz CT molecular complexity index is 1140. The van der Waals surface area contributed by atoms with Gasteiger partial charge in [-0.05, 0) is 65.2 Å². The largest absolute Gasteiger partial charge is 0.497 e. The van der Waals surface area contributed by atoms with Crippen molar-refractivity contribution in [2.24, 2.45) is 0 Å². The Morgan fingerprint density at radius 3 is 2.53 bits per heavy atom. The number of aromatic amines is 1. The fourth-order valence-corrected chi connectivity index (χ4v) is 5.97. The molecular formula is C24H37N3O6S. The van der Waals surface area contributed by atoms with Crippen LogP contribution in [0.1, 0.15) is 52.3 Å². The molecule has 10 heteroatoms. The minimum absolute atomic E-state index is 0.0955. The number of nitrogens with zero attached hydrogens (tertiary/aromatic N) is 2. The van der Waals surface area contributed by atoms with Crippen molar-refractivity contribution in [1.82, 2.24) is 14.2 Å².